The zero-order valence-corrected chi connectivity index (χ0v) is 14.7. The highest BCUT2D eigenvalue weighted by Crippen LogP contribution is 2.22. The van der Waals surface area contributed by atoms with Crippen molar-refractivity contribution in [3.63, 3.8) is 0 Å². The first-order valence-corrected chi connectivity index (χ1v) is 7.87. The molecule has 2 N–H and O–H groups in total. The average molecular weight is 336 g/mol. The molecule has 0 aromatic carbocycles. The number of nitrogens with one attached hydrogen (secondary N) is 2. The number of hydrogen-bond acceptors (Lipinski definition) is 4. The molecule has 1 heterocycles. The molecule has 2 unspecified atom stereocenters. The van der Waals surface area contributed by atoms with Gasteiger partial charge in [-0.1, -0.05) is 13.3 Å². The van der Waals surface area contributed by atoms with Crippen LogP contribution < -0.4 is 10.6 Å². The highest BCUT2D eigenvalue weighted by atomic mass is 35.5. The lowest BCUT2D eigenvalue weighted by Gasteiger charge is -2.24. The molecule has 0 aromatic rings. The second-order valence-electron chi connectivity index (χ2n) is 5.62. The highest BCUT2D eigenvalue weighted by Gasteiger charge is 2.35. The van der Waals surface area contributed by atoms with Crippen LogP contribution in [0.25, 0.3) is 0 Å². The predicted molar refractivity (Wildman–Crippen MR) is 89.2 cm³/mol. The largest absolute Gasteiger partial charge is 0.383 e. The number of rotatable bonds is 10. The van der Waals surface area contributed by atoms with Crippen LogP contribution in [0, 0.1) is 5.92 Å². The van der Waals surface area contributed by atoms with E-state index < -0.39 is 0 Å². The van der Waals surface area contributed by atoms with Crippen LogP contribution in [-0.2, 0) is 14.3 Å². The quantitative estimate of drug-likeness (QED) is 0.579. The van der Waals surface area contributed by atoms with E-state index in [9.17, 15) is 9.59 Å². The third kappa shape index (κ3) is 6.94. The Kier molecular flexibility index (Phi) is 11.2. The van der Waals surface area contributed by atoms with Gasteiger partial charge in [0.15, 0.2) is 0 Å². The van der Waals surface area contributed by atoms with E-state index in [-0.39, 0.29) is 36.2 Å². The first-order valence-electron chi connectivity index (χ1n) is 7.87. The number of nitrogens with zero attached hydrogens (tertiary/aromatic N) is 1. The summed E-state index contributed by atoms with van der Waals surface area (Å²) in [5.41, 5.74) is 0. The van der Waals surface area contributed by atoms with Gasteiger partial charge in [0.2, 0.25) is 11.8 Å². The molecular weight excluding hydrogens is 306 g/mol. The second kappa shape index (κ2) is 11.7. The van der Waals surface area contributed by atoms with Crippen LogP contribution in [-0.4, -0.2) is 62.7 Å². The number of carbonyl (C=O) groups excluding carboxylic acids is 2. The van der Waals surface area contributed by atoms with Crippen molar-refractivity contribution in [3.8, 4) is 0 Å². The number of amides is 2. The summed E-state index contributed by atoms with van der Waals surface area (Å²) in [4.78, 5) is 25.9. The molecule has 0 aromatic heterocycles. The molecule has 0 bridgehead atoms. The molecule has 6 nitrogen and oxygen atoms in total. The lowest BCUT2D eigenvalue weighted by atomic mass is 10.1. The maximum absolute atomic E-state index is 12.1. The van der Waals surface area contributed by atoms with Gasteiger partial charge in [-0.05, 0) is 13.3 Å². The van der Waals surface area contributed by atoms with Gasteiger partial charge in [-0.3, -0.25) is 9.59 Å². The molecule has 1 rings (SSSR count). The topological polar surface area (TPSA) is 70.7 Å². The zero-order valence-electron chi connectivity index (χ0n) is 13.9. The van der Waals surface area contributed by atoms with Crippen molar-refractivity contribution in [2.24, 2.45) is 5.92 Å². The van der Waals surface area contributed by atoms with Gasteiger partial charge in [0.25, 0.3) is 0 Å². The van der Waals surface area contributed by atoms with Gasteiger partial charge in [0.1, 0.15) is 0 Å². The van der Waals surface area contributed by atoms with Gasteiger partial charge in [-0.2, -0.15) is 0 Å². The molecule has 0 radical (unpaired) electrons. The van der Waals surface area contributed by atoms with Crippen LogP contribution in [0.15, 0.2) is 0 Å². The van der Waals surface area contributed by atoms with E-state index in [4.69, 9.17) is 4.74 Å². The number of methoxy groups -OCH3 is 1. The normalized spacial score (nSPS) is 19.0. The molecule has 1 fully saturated rings. The van der Waals surface area contributed by atoms with Crippen molar-refractivity contribution in [3.05, 3.63) is 0 Å². The summed E-state index contributed by atoms with van der Waals surface area (Å²) in [6, 6.07) is 0.232. The van der Waals surface area contributed by atoms with E-state index in [1.807, 2.05) is 4.90 Å². The van der Waals surface area contributed by atoms with E-state index in [0.717, 1.165) is 19.4 Å². The molecule has 0 spiro atoms. The lowest BCUT2D eigenvalue weighted by Crippen LogP contribution is -2.39. The molecule has 0 aliphatic carbocycles. The van der Waals surface area contributed by atoms with E-state index in [1.54, 1.807) is 7.11 Å². The van der Waals surface area contributed by atoms with E-state index in [1.165, 1.54) is 0 Å². The molecular formula is C15H30ClN3O3. The van der Waals surface area contributed by atoms with Crippen LogP contribution in [0.5, 0.6) is 0 Å². The summed E-state index contributed by atoms with van der Waals surface area (Å²) in [6.07, 6.45) is 2.38. The number of halogens is 1. The van der Waals surface area contributed by atoms with Crippen molar-refractivity contribution in [2.45, 2.75) is 39.2 Å². The van der Waals surface area contributed by atoms with Crippen molar-refractivity contribution in [1.82, 2.24) is 15.5 Å². The van der Waals surface area contributed by atoms with Crippen LogP contribution in [0.4, 0.5) is 0 Å². The van der Waals surface area contributed by atoms with Gasteiger partial charge < -0.3 is 20.3 Å². The van der Waals surface area contributed by atoms with Crippen LogP contribution in [0.1, 0.15) is 33.1 Å². The lowest BCUT2D eigenvalue weighted by molar-refractivity contribution is -0.130. The van der Waals surface area contributed by atoms with Crippen molar-refractivity contribution >= 4 is 24.2 Å². The fraction of sp³-hybridized carbons (Fsp3) is 0.867. The van der Waals surface area contributed by atoms with Crippen molar-refractivity contribution < 1.29 is 14.3 Å². The highest BCUT2D eigenvalue weighted by molar-refractivity contribution is 5.89. The first kappa shape index (κ1) is 21.1. The number of carbonyl (C=O) groups is 2. The SMILES string of the molecule is CCCC(C)N1CC(C(=O)NCCNCCOC)CC1=O.Cl. The Bertz CT molecular complexity index is 342. The van der Waals surface area contributed by atoms with Crippen LogP contribution in [0.2, 0.25) is 0 Å². The summed E-state index contributed by atoms with van der Waals surface area (Å²) in [5, 5.41) is 6.06. The standard InChI is InChI=1S/C15H29N3O3.ClH/c1-4-5-12(2)18-11-13(10-14(18)19)15(20)17-7-6-16-8-9-21-3;/h12-13,16H,4-11H2,1-3H3,(H,17,20);1H. The molecule has 0 saturated carbocycles. The average Bonchev–Trinajstić information content (AvgIpc) is 2.85. The van der Waals surface area contributed by atoms with Gasteiger partial charge in [0, 0.05) is 45.8 Å². The van der Waals surface area contributed by atoms with Gasteiger partial charge >= 0.3 is 0 Å². The Morgan fingerprint density at radius 3 is 2.77 bits per heavy atom. The van der Waals surface area contributed by atoms with E-state index in [2.05, 4.69) is 24.5 Å². The smallest absolute Gasteiger partial charge is 0.225 e. The monoisotopic (exact) mass is 335 g/mol. The second-order valence-corrected chi connectivity index (χ2v) is 5.62. The first-order chi connectivity index (χ1) is 10.1. The molecule has 1 aliphatic rings. The van der Waals surface area contributed by atoms with Crippen LogP contribution in [0.3, 0.4) is 0 Å². The summed E-state index contributed by atoms with van der Waals surface area (Å²) >= 11 is 0. The number of ether oxygens (including phenoxy) is 1. The molecule has 1 aliphatic heterocycles. The van der Waals surface area contributed by atoms with E-state index >= 15 is 0 Å². The number of likely N-dealkylation sites (tertiary alicyclic amines) is 1. The summed E-state index contributed by atoms with van der Waals surface area (Å²) in [6.45, 7) is 7.46. The fourth-order valence-corrected chi connectivity index (χ4v) is 2.62. The zero-order chi connectivity index (χ0) is 15.7. The van der Waals surface area contributed by atoms with Gasteiger partial charge in [-0.15, -0.1) is 12.4 Å². The van der Waals surface area contributed by atoms with Gasteiger partial charge in [0.05, 0.1) is 12.5 Å². The minimum atomic E-state index is -0.198. The molecule has 2 atom stereocenters. The molecule has 7 heteroatoms. The number of hydrogen-bond donors (Lipinski definition) is 2. The summed E-state index contributed by atoms with van der Waals surface area (Å²) in [7, 11) is 1.66. The van der Waals surface area contributed by atoms with Crippen LogP contribution >= 0.6 is 12.4 Å². The molecule has 1 saturated heterocycles. The Hall–Kier alpha value is -0.850. The summed E-state index contributed by atoms with van der Waals surface area (Å²) < 4.78 is 4.92. The Morgan fingerprint density at radius 2 is 2.14 bits per heavy atom. The van der Waals surface area contributed by atoms with Gasteiger partial charge in [-0.25, -0.2) is 0 Å². The minimum absolute atomic E-state index is 0. The maximum atomic E-state index is 12.1. The predicted octanol–water partition coefficient (Wildman–Crippen LogP) is 0.798. The Labute approximate surface area is 139 Å². The molecule has 22 heavy (non-hydrogen) atoms. The molecule has 2 amide bonds. The fourth-order valence-electron chi connectivity index (χ4n) is 2.62. The van der Waals surface area contributed by atoms with E-state index in [0.29, 0.717) is 32.7 Å². The third-order valence-corrected chi connectivity index (χ3v) is 3.85. The minimum Gasteiger partial charge on any atom is -0.383 e. The Balaban J connectivity index is 0.00000441. The summed E-state index contributed by atoms with van der Waals surface area (Å²) in [5.74, 6) is -0.104. The van der Waals surface area contributed by atoms with Crippen molar-refractivity contribution in [1.29, 1.82) is 0 Å². The Morgan fingerprint density at radius 1 is 1.41 bits per heavy atom. The maximum Gasteiger partial charge on any atom is 0.225 e. The van der Waals surface area contributed by atoms with Crippen molar-refractivity contribution in [2.75, 3.05) is 39.9 Å². The molecule has 130 valence electrons. The third-order valence-electron chi connectivity index (χ3n) is 3.85.